The molecule has 0 aromatic rings. The van der Waals surface area contributed by atoms with Crippen molar-refractivity contribution < 1.29 is 0 Å². The summed E-state index contributed by atoms with van der Waals surface area (Å²) in [6.45, 7) is 9.21. The number of hydrogen-bond donors (Lipinski definition) is 0. The van der Waals surface area contributed by atoms with Crippen molar-refractivity contribution in [2.75, 3.05) is 24.6 Å². The molecular formula is C16H38Cl2P2. The van der Waals surface area contributed by atoms with E-state index in [0.717, 1.165) is 0 Å². The first-order chi connectivity index (χ1) is 9.54. The first-order valence-electron chi connectivity index (χ1n) is 8.48. The zero-order valence-electron chi connectivity index (χ0n) is 14.3. The smallest absolute Gasteiger partial charge is 0.0393 e. The second-order valence-corrected chi connectivity index (χ2v) is 14.4. The molecule has 0 saturated heterocycles. The first kappa shape index (κ1) is 23.7. The number of unbranched alkanes of at least 4 members (excludes halogenated alkanes) is 4. The standard InChI is InChI=1S/C16H36ClP.ClH2P/c1-5-9-13-18(17,14-10-6-2,15-11-7-3)16-12-8-4;1-2/h5-16H2,1-4H3;2H2. The van der Waals surface area contributed by atoms with Gasteiger partial charge in [0.1, 0.15) is 0 Å². The van der Waals surface area contributed by atoms with Crippen LogP contribution in [0.1, 0.15) is 79.1 Å². The average molecular weight is 363 g/mol. The van der Waals surface area contributed by atoms with Crippen LogP contribution in [0.3, 0.4) is 0 Å². The molecule has 0 radical (unpaired) electrons. The molecule has 0 aliphatic heterocycles. The number of rotatable bonds is 12. The first-order valence-corrected chi connectivity index (χ1v) is 14.1. The summed E-state index contributed by atoms with van der Waals surface area (Å²) >= 11 is 12.0. The predicted molar refractivity (Wildman–Crippen MR) is 107 cm³/mol. The molecule has 0 heterocycles. The van der Waals surface area contributed by atoms with Gasteiger partial charge >= 0.3 is 121 Å². The molecule has 0 rings (SSSR count). The maximum Gasteiger partial charge on any atom is -0.0393 e. The summed E-state index contributed by atoms with van der Waals surface area (Å²) in [6.07, 6.45) is 16.0. The second kappa shape index (κ2) is 14.1. The molecular weight excluding hydrogens is 325 g/mol. The summed E-state index contributed by atoms with van der Waals surface area (Å²) in [6, 6.07) is 0. The van der Waals surface area contributed by atoms with Gasteiger partial charge in [-0.2, -0.15) is 0 Å². The van der Waals surface area contributed by atoms with Crippen molar-refractivity contribution in [1.29, 1.82) is 0 Å². The van der Waals surface area contributed by atoms with Gasteiger partial charge in [0.15, 0.2) is 0 Å². The van der Waals surface area contributed by atoms with E-state index in [1.165, 1.54) is 76.0 Å². The van der Waals surface area contributed by atoms with Crippen molar-refractivity contribution in [3.05, 3.63) is 0 Å². The quantitative estimate of drug-likeness (QED) is 0.309. The second-order valence-electron chi connectivity index (χ2n) is 6.13. The molecule has 0 aliphatic rings. The Morgan fingerprint density at radius 2 is 0.800 bits per heavy atom. The van der Waals surface area contributed by atoms with E-state index in [2.05, 4.69) is 38.9 Å². The van der Waals surface area contributed by atoms with Crippen molar-refractivity contribution >= 4 is 37.0 Å². The normalized spacial score (nSPS) is 13.2. The van der Waals surface area contributed by atoms with Crippen molar-refractivity contribution in [2.24, 2.45) is 0 Å². The summed E-state index contributed by atoms with van der Waals surface area (Å²) in [7, 11) is 1.89. The van der Waals surface area contributed by atoms with Gasteiger partial charge in [0.05, 0.1) is 0 Å². The van der Waals surface area contributed by atoms with E-state index in [1.807, 2.05) is 8.59 Å². The fraction of sp³-hybridized carbons (Fsp3) is 1.00. The molecule has 0 aliphatic carbocycles. The molecule has 0 bridgehead atoms. The van der Waals surface area contributed by atoms with Crippen LogP contribution in [0.2, 0.25) is 0 Å². The molecule has 0 nitrogen and oxygen atoms in total. The minimum Gasteiger partial charge on any atom is -0.104 e. The molecule has 0 N–H and O–H groups in total. The maximum atomic E-state index is 7.44. The van der Waals surface area contributed by atoms with E-state index in [9.17, 15) is 0 Å². The number of hydrogen-bond acceptors (Lipinski definition) is 0. The van der Waals surface area contributed by atoms with Crippen LogP contribution in [0.25, 0.3) is 0 Å². The summed E-state index contributed by atoms with van der Waals surface area (Å²) in [5, 5.41) is 0. The Bertz CT molecular complexity index is 167. The van der Waals surface area contributed by atoms with Gasteiger partial charge in [-0.15, -0.1) is 11.2 Å². The van der Waals surface area contributed by atoms with E-state index >= 15 is 0 Å². The Hall–Kier alpha value is 1.44. The monoisotopic (exact) mass is 362 g/mol. The van der Waals surface area contributed by atoms with E-state index in [-0.39, 0.29) is 0 Å². The van der Waals surface area contributed by atoms with Crippen LogP contribution in [0.5, 0.6) is 0 Å². The molecule has 0 aromatic heterocycles. The largest absolute Gasteiger partial charge is 0.104 e. The Labute approximate surface area is 140 Å². The van der Waals surface area contributed by atoms with Gasteiger partial charge in [-0.3, -0.25) is 0 Å². The summed E-state index contributed by atoms with van der Waals surface area (Å²) in [5.74, 6) is -1.89. The van der Waals surface area contributed by atoms with Crippen LogP contribution in [-0.2, 0) is 0 Å². The minimum absolute atomic E-state index is 1.30. The summed E-state index contributed by atoms with van der Waals surface area (Å²) in [4.78, 5) is 0. The van der Waals surface area contributed by atoms with Crippen molar-refractivity contribution in [3.8, 4) is 0 Å². The molecule has 1 unspecified atom stereocenters. The molecule has 4 heteroatoms. The minimum atomic E-state index is -1.89. The van der Waals surface area contributed by atoms with Gasteiger partial charge in [-0.1, -0.05) is 0 Å². The zero-order chi connectivity index (χ0) is 15.9. The van der Waals surface area contributed by atoms with Crippen molar-refractivity contribution in [1.82, 2.24) is 0 Å². The zero-order valence-corrected chi connectivity index (χ0v) is 17.8. The molecule has 0 fully saturated rings. The molecule has 20 heavy (non-hydrogen) atoms. The van der Waals surface area contributed by atoms with E-state index in [0.29, 0.717) is 0 Å². The molecule has 1 atom stereocenters. The maximum absolute atomic E-state index is 7.44. The molecule has 0 spiro atoms. The molecule has 0 aromatic carbocycles. The van der Waals surface area contributed by atoms with Gasteiger partial charge in [-0.05, 0) is 8.59 Å². The average Bonchev–Trinajstić information content (AvgIpc) is 2.50. The number of halogens is 2. The van der Waals surface area contributed by atoms with Crippen molar-refractivity contribution in [2.45, 2.75) is 79.1 Å². The van der Waals surface area contributed by atoms with Gasteiger partial charge < -0.3 is 0 Å². The molecule has 126 valence electrons. The van der Waals surface area contributed by atoms with E-state index < -0.39 is 5.96 Å². The predicted octanol–water partition coefficient (Wildman–Crippen LogP) is 7.91. The Balaban J connectivity index is 0. The van der Waals surface area contributed by atoms with Gasteiger partial charge in [0.25, 0.3) is 0 Å². The third-order valence-corrected chi connectivity index (χ3v) is 12.0. The van der Waals surface area contributed by atoms with Crippen molar-refractivity contribution in [3.63, 3.8) is 0 Å². The van der Waals surface area contributed by atoms with Crippen LogP contribution in [0.4, 0.5) is 0 Å². The third kappa shape index (κ3) is 10.2. The SMILES string of the molecule is CCCCP(Cl)(CCCC)(CCCC)CCCC.PCl. The molecule has 0 saturated carbocycles. The van der Waals surface area contributed by atoms with E-state index in [4.69, 9.17) is 11.2 Å². The van der Waals surface area contributed by atoms with Crippen LogP contribution in [0, 0.1) is 0 Å². The van der Waals surface area contributed by atoms with Gasteiger partial charge in [-0.25, -0.2) is 0 Å². The topological polar surface area (TPSA) is 0 Å². The Morgan fingerprint density at radius 3 is 0.950 bits per heavy atom. The molecule has 0 amide bonds. The summed E-state index contributed by atoms with van der Waals surface area (Å²) < 4.78 is 0. The fourth-order valence-corrected chi connectivity index (χ4v) is 10.1. The fourth-order valence-electron chi connectivity index (χ4n) is 2.88. The Morgan fingerprint density at radius 1 is 0.600 bits per heavy atom. The summed E-state index contributed by atoms with van der Waals surface area (Å²) in [5.41, 5.74) is 0. The van der Waals surface area contributed by atoms with Crippen LogP contribution in [-0.4, -0.2) is 24.6 Å². The third-order valence-electron chi connectivity index (χ3n) is 4.28. The van der Waals surface area contributed by atoms with Crippen LogP contribution >= 0.6 is 37.0 Å². The Kier molecular flexibility index (Phi) is 16.7. The van der Waals surface area contributed by atoms with E-state index in [1.54, 1.807) is 0 Å². The van der Waals surface area contributed by atoms with Crippen LogP contribution < -0.4 is 0 Å². The van der Waals surface area contributed by atoms with Gasteiger partial charge in [0, 0.05) is 0 Å². The van der Waals surface area contributed by atoms with Gasteiger partial charge in [0.2, 0.25) is 0 Å². The van der Waals surface area contributed by atoms with Crippen LogP contribution in [0.15, 0.2) is 0 Å².